The molecule has 1 saturated heterocycles. The first-order chi connectivity index (χ1) is 11.3. The van der Waals surface area contributed by atoms with Gasteiger partial charge >= 0.3 is 0 Å². The predicted octanol–water partition coefficient (Wildman–Crippen LogP) is 3.02. The van der Waals surface area contributed by atoms with Crippen molar-refractivity contribution in [2.24, 2.45) is 5.92 Å². The zero-order chi connectivity index (χ0) is 17.3. The molecule has 0 aromatic carbocycles. The molecule has 3 heterocycles. The summed E-state index contributed by atoms with van der Waals surface area (Å²) >= 11 is 1.41. The molecule has 6 nitrogen and oxygen atoms in total. The van der Waals surface area contributed by atoms with Gasteiger partial charge in [0.15, 0.2) is 5.13 Å². The van der Waals surface area contributed by atoms with Crippen LogP contribution < -0.4 is 5.32 Å². The van der Waals surface area contributed by atoms with E-state index in [0.717, 1.165) is 11.5 Å². The molecule has 24 heavy (non-hydrogen) atoms. The van der Waals surface area contributed by atoms with Crippen LogP contribution in [0.4, 0.5) is 5.13 Å². The van der Waals surface area contributed by atoms with E-state index in [1.54, 1.807) is 17.2 Å². The molecule has 0 unspecified atom stereocenters. The van der Waals surface area contributed by atoms with Gasteiger partial charge in [-0.3, -0.25) is 9.59 Å². The number of nitrogens with one attached hydrogen (secondary N) is 1. The monoisotopic (exact) mass is 347 g/mol. The molecule has 1 fully saturated rings. The van der Waals surface area contributed by atoms with Crippen LogP contribution in [-0.4, -0.2) is 28.2 Å². The van der Waals surface area contributed by atoms with Gasteiger partial charge in [0.25, 0.3) is 0 Å². The topological polar surface area (TPSA) is 75.4 Å². The van der Waals surface area contributed by atoms with Crippen molar-refractivity contribution in [1.82, 2.24) is 9.88 Å². The van der Waals surface area contributed by atoms with Crippen molar-refractivity contribution in [3.8, 4) is 0 Å². The summed E-state index contributed by atoms with van der Waals surface area (Å²) in [7, 11) is 0. The fraction of sp³-hybridized carbons (Fsp3) is 0.471. The van der Waals surface area contributed by atoms with Crippen molar-refractivity contribution in [3.05, 3.63) is 35.2 Å². The number of carbonyl (C=O) groups is 2. The zero-order valence-corrected chi connectivity index (χ0v) is 14.9. The Morgan fingerprint density at radius 1 is 1.50 bits per heavy atom. The van der Waals surface area contributed by atoms with Gasteiger partial charge < -0.3 is 14.6 Å². The maximum atomic E-state index is 12.4. The summed E-state index contributed by atoms with van der Waals surface area (Å²) < 4.78 is 5.27. The third-order valence-corrected chi connectivity index (χ3v) is 4.77. The molecule has 3 rings (SSSR count). The van der Waals surface area contributed by atoms with Crippen molar-refractivity contribution in [2.75, 3.05) is 11.9 Å². The van der Waals surface area contributed by atoms with Crippen LogP contribution in [0.1, 0.15) is 38.6 Å². The number of hydrogen-bond acceptors (Lipinski definition) is 5. The Kier molecular flexibility index (Phi) is 4.45. The quantitative estimate of drug-likeness (QED) is 0.922. The third kappa shape index (κ3) is 3.67. The Morgan fingerprint density at radius 2 is 2.29 bits per heavy atom. The lowest BCUT2D eigenvalue weighted by atomic mass is 9.93. The number of hydrogen-bond donors (Lipinski definition) is 1. The fourth-order valence-electron chi connectivity index (χ4n) is 2.57. The molecule has 0 aliphatic carbocycles. The molecular weight excluding hydrogens is 326 g/mol. The normalized spacial score (nSPS) is 18.2. The summed E-state index contributed by atoms with van der Waals surface area (Å²) in [5.41, 5.74) is 0.896. The van der Waals surface area contributed by atoms with Crippen LogP contribution in [0.2, 0.25) is 0 Å². The van der Waals surface area contributed by atoms with Crippen molar-refractivity contribution in [3.63, 3.8) is 0 Å². The number of aromatic nitrogens is 1. The van der Waals surface area contributed by atoms with E-state index in [0.29, 0.717) is 18.2 Å². The van der Waals surface area contributed by atoms with Gasteiger partial charge in [0.05, 0.1) is 24.4 Å². The van der Waals surface area contributed by atoms with Gasteiger partial charge in [0.1, 0.15) is 5.76 Å². The summed E-state index contributed by atoms with van der Waals surface area (Å²) in [6, 6.07) is 3.61. The fourth-order valence-corrected chi connectivity index (χ4v) is 3.51. The number of carbonyl (C=O) groups excluding carboxylic acids is 2. The molecule has 1 aliphatic rings. The SMILES string of the molecule is CC(C)(C)c1csc(NC(=O)[C@@H]2CC(=O)N(Cc3ccco3)C2)n1. The van der Waals surface area contributed by atoms with Gasteiger partial charge in [0.2, 0.25) is 11.8 Å². The molecular formula is C17H21N3O3S. The largest absolute Gasteiger partial charge is 0.467 e. The number of thiazole rings is 1. The number of anilines is 1. The highest BCUT2D eigenvalue weighted by Crippen LogP contribution is 2.27. The summed E-state index contributed by atoms with van der Waals surface area (Å²) in [6.07, 6.45) is 1.80. The van der Waals surface area contributed by atoms with Crippen molar-refractivity contribution in [1.29, 1.82) is 0 Å². The highest BCUT2D eigenvalue weighted by atomic mass is 32.1. The van der Waals surface area contributed by atoms with Crippen LogP contribution in [0.5, 0.6) is 0 Å². The van der Waals surface area contributed by atoms with E-state index < -0.39 is 0 Å². The first-order valence-corrected chi connectivity index (χ1v) is 8.78. The van der Waals surface area contributed by atoms with E-state index in [1.165, 1.54) is 11.3 Å². The van der Waals surface area contributed by atoms with E-state index >= 15 is 0 Å². The second-order valence-corrected chi connectivity index (χ2v) is 7.89. The van der Waals surface area contributed by atoms with E-state index in [9.17, 15) is 9.59 Å². The molecule has 1 N–H and O–H groups in total. The predicted molar refractivity (Wildman–Crippen MR) is 91.7 cm³/mol. The van der Waals surface area contributed by atoms with Crippen molar-refractivity contribution in [2.45, 2.75) is 39.2 Å². The highest BCUT2D eigenvalue weighted by molar-refractivity contribution is 7.13. The maximum Gasteiger partial charge on any atom is 0.231 e. The second kappa shape index (κ2) is 6.39. The zero-order valence-electron chi connectivity index (χ0n) is 14.0. The molecule has 128 valence electrons. The third-order valence-electron chi connectivity index (χ3n) is 4.01. The maximum absolute atomic E-state index is 12.4. The van der Waals surface area contributed by atoms with Crippen LogP contribution in [0.3, 0.4) is 0 Å². The molecule has 2 aromatic heterocycles. The van der Waals surface area contributed by atoms with Crippen LogP contribution in [-0.2, 0) is 21.5 Å². The van der Waals surface area contributed by atoms with Gasteiger partial charge in [-0.2, -0.15) is 0 Å². The number of nitrogens with zero attached hydrogens (tertiary/aromatic N) is 2. The van der Waals surface area contributed by atoms with Gasteiger partial charge in [-0.25, -0.2) is 4.98 Å². The van der Waals surface area contributed by atoms with E-state index in [4.69, 9.17) is 4.42 Å². The summed E-state index contributed by atoms with van der Waals surface area (Å²) in [5.74, 6) is 0.190. The summed E-state index contributed by atoms with van der Waals surface area (Å²) in [4.78, 5) is 30.6. The highest BCUT2D eigenvalue weighted by Gasteiger charge is 2.35. The molecule has 1 atom stereocenters. The van der Waals surface area contributed by atoms with Crippen LogP contribution >= 0.6 is 11.3 Å². The van der Waals surface area contributed by atoms with E-state index in [1.807, 2.05) is 11.4 Å². The molecule has 0 saturated carbocycles. The smallest absolute Gasteiger partial charge is 0.231 e. The lowest BCUT2D eigenvalue weighted by Crippen LogP contribution is -2.28. The minimum absolute atomic E-state index is 0.0268. The molecule has 7 heteroatoms. The lowest BCUT2D eigenvalue weighted by Gasteiger charge is -2.15. The molecule has 2 amide bonds. The first-order valence-electron chi connectivity index (χ1n) is 7.90. The average molecular weight is 347 g/mol. The Balaban J connectivity index is 1.60. The van der Waals surface area contributed by atoms with E-state index in [2.05, 4.69) is 31.1 Å². The summed E-state index contributed by atoms with van der Waals surface area (Å²) in [6.45, 7) is 7.05. The van der Waals surface area contributed by atoms with Gasteiger partial charge in [-0.1, -0.05) is 20.8 Å². The van der Waals surface area contributed by atoms with Crippen LogP contribution in [0, 0.1) is 5.92 Å². The van der Waals surface area contributed by atoms with Gasteiger partial charge in [-0.05, 0) is 12.1 Å². The molecule has 2 aromatic rings. The first kappa shape index (κ1) is 16.7. The van der Waals surface area contributed by atoms with Crippen molar-refractivity contribution >= 4 is 28.3 Å². The Hall–Kier alpha value is -2.15. The van der Waals surface area contributed by atoms with Crippen LogP contribution in [0.25, 0.3) is 0 Å². The number of likely N-dealkylation sites (tertiary alicyclic amines) is 1. The van der Waals surface area contributed by atoms with Gasteiger partial charge in [0, 0.05) is 23.8 Å². The Morgan fingerprint density at radius 3 is 2.92 bits per heavy atom. The molecule has 0 bridgehead atoms. The second-order valence-electron chi connectivity index (χ2n) is 7.03. The number of furan rings is 1. The molecule has 0 spiro atoms. The standard InChI is InChI=1S/C17H21N3O3S/c1-17(2,3)13-10-24-16(18-13)19-15(22)11-7-14(21)20(8-11)9-12-5-4-6-23-12/h4-6,10-11H,7-9H2,1-3H3,(H,18,19,22)/t11-/m1/s1. The molecule has 1 aliphatic heterocycles. The van der Waals surface area contributed by atoms with Crippen molar-refractivity contribution < 1.29 is 14.0 Å². The van der Waals surface area contributed by atoms with Gasteiger partial charge in [-0.15, -0.1) is 11.3 Å². The Labute approximate surface area is 144 Å². The Bertz CT molecular complexity index is 731. The van der Waals surface area contributed by atoms with E-state index in [-0.39, 0.29) is 29.6 Å². The number of rotatable bonds is 4. The van der Waals surface area contributed by atoms with Crippen LogP contribution in [0.15, 0.2) is 28.2 Å². The lowest BCUT2D eigenvalue weighted by molar-refractivity contribution is -0.128. The number of amides is 2. The minimum atomic E-state index is -0.352. The average Bonchev–Trinajstić information content (AvgIpc) is 3.21. The molecule has 0 radical (unpaired) electrons. The summed E-state index contributed by atoms with van der Waals surface area (Å²) in [5, 5.41) is 5.38. The minimum Gasteiger partial charge on any atom is -0.467 e.